The molecule has 1 saturated carbocycles. The molecule has 0 aliphatic heterocycles. The maximum atomic E-state index is 11.5. The van der Waals surface area contributed by atoms with Gasteiger partial charge in [-0.2, -0.15) is 0 Å². The third kappa shape index (κ3) is 1.74. The first-order valence-electron chi connectivity index (χ1n) is 7.28. The van der Waals surface area contributed by atoms with Crippen molar-refractivity contribution in [3.63, 3.8) is 0 Å². The lowest BCUT2D eigenvalue weighted by Gasteiger charge is -2.12. The molecule has 4 nitrogen and oxygen atoms in total. The minimum atomic E-state index is -0.897. The lowest BCUT2D eigenvalue weighted by atomic mass is 10.0. The van der Waals surface area contributed by atoms with Crippen LogP contribution in [0.15, 0.2) is 6.07 Å². The number of anilines is 1. The van der Waals surface area contributed by atoms with Crippen LogP contribution in [0.2, 0.25) is 0 Å². The van der Waals surface area contributed by atoms with E-state index in [1.54, 1.807) is 0 Å². The molecule has 108 valence electrons. The lowest BCUT2D eigenvalue weighted by Crippen LogP contribution is -2.16. The maximum Gasteiger partial charge on any atom is 0.339 e. The number of nitrogens with zero attached hydrogens (tertiary/aromatic N) is 1. The lowest BCUT2D eigenvalue weighted by molar-refractivity contribution is 0.0697. The van der Waals surface area contributed by atoms with Crippen molar-refractivity contribution in [2.24, 2.45) is 10.8 Å². The van der Waals surface area contributed by atoms with E-state index in [-0.39, 0.29) is 16.9 Å². The maximum absolute atomic E-state index is 11.5. The predicted molar refractivity (Wildman–Crippen MR) is 78.2 cm³/mol. The third-order valence-electron chi connectivity index (χ3n) is 5.58. The SMILES string of the molecule is CC1(C)C(Nc2nc3c(cc2C(=O)O)CCC3)C1(C)C. The topological polar surface area (TPSA) is 62.2 Å². The summed E-state index contributed by atoms with van der Waals surface area (Å²) >= 11 is 0. The number of rotatable bonds is 3. The van der Waals surface area contributed by atoms with Gasteiger partial charge in [0.2, 0.25) is 0 Å². The van der Waals surface area contributed by atoms with Crippen LogP contribution in [0.25, 0.3) is 0 Å². The molecular weight excluding hydrogens is 252 g/mol. The van der Waals surface area contributed by atoms with Crippen LogP contribution in [0.4, 0.5) is 5.82 Å². The van der Waals surface area contributed by atoms with Gasteiger partial charge in [0.1, 0.15) is 11.4 Å². The van der Waals surface area contributed by atoms with Gasteiger partial charge in [-0.05, 0) is 41.7 Å². The zero-order valence-electron chi connectivity index (χ0n) is 12.6. The normalized spacial score (nSPS) is 22.4. The molecule has 1 fully saturated rings. The Morgan fingerprint density at radius 2 is 1.95 bits per heavy atom. The van der Waals surface area contributed by atoms with Crippen molar-refractivity contribution < 1.29 is 9.90 Å². The van der Waals surface area contributed by atoms with Crippen molar-refractivity contribution in [3.05, 3.63) is 22.9 Å². The largest absolute Gasteiger partial charge is 0.478 e. The Bertz CT molecular complexity index is 576. The summed E-state index contributed by atoms with van der Waals surface area (Å²) in [6.45, 7) is 8.83. The number of nitrogens with one attached hydrogen (secondary N) is 1. The summed E-state index contributed by atoms with van der Waals surface area (Å²) in [5.41, 5.74) is 2.78. The molecule has 1 aromatic rings. The average molecular weight is 274 g/mol. The van der Waals surface area contributed by atoms with Gasteiger partial charge in [0.05, 0.1) is 0 Å². The highest BCUT2D eigenvalue weighted by molar-refractivity contribution is 5.93. The molecule has 0 radical (unpaired) electrons. The molecule has 0 aromatic carbocycles. The molecule has 4 heteroatoms. The molecule has 1 aromatic heterocycles. The van der Waals surface area contributed by atoms with Crippen molar-refractivity contribution in [1.29, 1.82) is 0 Å². The Morgan fingerprint density at radius 3 is 2.50 bits per heavy atom. The second kappa shape index (κ2) is 3.96. The summed E-state index contributed by atoms with van der Waals surface area (Å²) < 4.78 is 0. The average Bonchev–Trinajstić information content (AvgIpc) is 2.73. The van der Waals surface area contributed by atoms with Crippen LogP contribution in [0.3, 0.4) is 0 Å². The Labute approximate surface area is 119 Å². The number of carboxylic acid groups (broad SMARTS) is 1. The van der Waals surface area contributed by atoms with Gasteiger partial charge in [0.25, 0.3) is 0 Å². The van der Waals surface area contributed by atoms with Crippen LogP contribution in [-0.4, -0.2) is 22.1 Å². The Hall–Kier alpha value is -1.58. The van der Waals surface area contributed by atoms with E-state index in [1.807, 2.05) is 6.07 Å². The van der Waals surface area contributed by atoms with Crippen molar-refractivity contribution in [3.8, 4) is 0 Å². The number of fused-ring (bicyclic) bond motifs is 1. The Balaban J connectivity index is 1.96. The van der Waals surface area contributed by atoms with E-state index in [1.165, 1.54) is 0 Å². The molecule has 0 unspecified atom stereocenters. The van der Waals surface area contributed by atoms with E-state index >= 15 is 0 Å². The number of carbonyl (C=O) groups is 1. The number of pyridine rings is 1. The van der Waals surface area contributed by atoms with Gasteiger partial charge in [-0.1, -0.05) is 27.7 Å². The summed E-state index contributed by atoms with van der Waals surface area (Å²) in [7, 11) is 0. The first-order chi connectivity index (χ1) is 9.25. The monoisotopic (exact) mass is 274 g/mol. The molecule has 0 bridgehead atoms. The fourth-order valence-corrected chi connectivity index (χ4v) is 3.44. The number of aryl methyl sites for hydroxylation is 2. The smallest absolute Gasteiger partial charge is 0.339 e. The van der Waals surface area contributed by atoms with Gasteiger partial charge in [0.15, 0.2) is 0 Å². The highest BCUT2D eigenvalue weighted by Gasteiger charge is 2.65. The quantitative estimate of drug-likeness (QED) is 0.889. The van der Waals surface area contributed by atoms with Crippen molar-refractivity contribution >= 4 is 11.8 Å². The van der Waals surface area contributed by atoms with Crippen LogP contribution < -0.4 is 5.32 Å². The Morgan fingerprint density at radius 1 is 1.30 bits per heavy atom. The Kier molecular flexibility index (Phi) is 2.66. The van der Waals surface area contributed by atoms with E-state index in [0.717, 1.165) is 30.5 Å². The van der Waals surface area contributed by atoms with Gasteiger partial charge < -0.3 is 10.4 Å². The van der Waals surface area contributed by atoms with Crippen molar-refractivity contribution in [1.82, 2.24) is 4.98 Å². The summed E-state index contributed by atoms with van der Waals surface area (Å²) in [5, 5.41) is 12.8. The number of hydrogen-bond acceptors (Lipinski definition) is 3. The summed E-state index contributed by atoms with van der Waals surface area (Å²) in [5.74, 6) is -0.354. The zero-order chi connectivity index (χ0) is 14.7. The molecule has 0 atom stereocenters. The number of hydrogen-bond donors (Lipinski definition) is 2. The summed E-state index contributed by atoms with van der Waals surface area (Å²) in [4.78, 5) is 16.1. The van der Waals surface area contributed by atoms with E-state index in [9.17, 15) is 9.90 Å². The molecular formula is C16H22N2O2. The molecule has 2 aliphatic rings. The van der Waals surface area contributed by atoms with Gasteiger partial charge in [-0.3, -0.25) is 0 Å². The highest BCUT2D eigenvalue weighted by atomic mass is 16.4. The molecule has 0 spiro atoms. The van der Waals surface area contributed by atoms with Gasteiger partial charge in [-0.25, -0.2) is 9.78 Å². The molecule has 0 amide bonds. The molecule has 2 aliphatic carbocycles. The number of aromatic carboxylic acids is 1. The van der Waals surface area contributed by atoms with Crippen molar-refractivity contribution in [2.45, 2.75) is 53.0 Å². The molecule has 1 heterocycles. The van der Waals surface area contributed by atoms with Crippen LogP contribution >= 0.6 is 0 Å². The second-order valence-corrected chi connectivity index (χ2v) is 7.17. The van der Waals surface area contributed by atoms with Gasteiger partial charge in [-0.15, -0.1) is 0 Å². The van der Waals surface area contributed by atoms with Crippen LogP contribution in [0.5, 0.6) is 0 Å². The fourth-order valence-electron chi connectivity index (χ4n) is 3.44. The number of aromatic nitrogens is 1. The predicted octanol–water partition coefficient (Wildman–Crippen LogP) is 3.12. The second-order valence-electron chi connectivity index (χ2n) is 7.17. The standard InChI is InChI=1S/C16H22N2O2/c1-15(2)14(16(15,3)4)18-12-10(13(19)20)8-9-6-5-7-11(9)17-12/h8,14H,5-7H2,1-4H3,(H,17,18)(H,19,20). The molecule has 20 heavy (non-hydrogen) atoms. The number of carboxylic acids is 1. The van der Waals surface area contributed by atoms with Crippen LogP contribution in [0, 0.1) is 10.8 Å². The van der Waals surface area contributed by atoms with Crippen LogP contribution in [-0.2, 0) is 12.8 Å². The highest BCUT2D eigenvalue weighted by Crippen LogP contribution is 2.63. The molecule has 0 saturated heterocycles. The minimum absolute atomic E-state index is 0.156. The summed E-state index contributed by atoms with van der Waals surface area (Å²) in [6.07, 6.45) is 2.98. The fraction of sp³-hybridized carbons (Fsp3) is 0.625. The zero-order valence-corrected chi connectivity index (χ0v) is 12.6. The molecule has 3 rings (SSSR count). The van der Waals surface area contributed by atoms with Gasteiger partial charge in [0, 0.05) is 11.7 Å². The van der Waals surface area contributed by atoms with E-state index < -0.39 is 5.97 Å². The van der Waals surface area contributed by atoms with Crippen molar-refractivity contribution in [2.75, 3.05) is 5.32 Å². The minimum Gasteiger partial charge on any atom is -0.478 e. The van der Waals surface area contributed by atoms with Gasteiger partial charge >= 0.3 is 5.97 Å². The molecule has 2 N–H and O–H groups in total. The van der Waals surface area contributed by atoms with E-state index in [0.29, 0.717) is 11.4 Å². The van der Waals surface area contributed by atoms with E-state index in [2.05, 4.69) is 38.0 Å². The third-order valence-corrected chi connectivity index (χ3v) is 5.58. The summed E-state index contributed by atoms with van der Waals surface area (Å²) in [6, 6.07) is 2.07. The van der Waals surface area contributed by atoms with E-state index in [4.69, 9.17) is 0 Å². The first-order valence-corrected chi connectivity index (χ1v) is 7.28. The first kappa shape index (κ1) is 13.4. The van der Waals surface area contributed by atoms with Crippen LogP contribution in [0.1, 0.15) is 55.7 Å².